The Kier molecular flexibility index (Phi) is 4.75. The van der Waals surface area contributed by atoms with E-state index in [-0.39, 0.29) is 10.0 Å². The highest BCUT2D eigenvalue weighted by Crippen LogP contribution is 2.33. The summed E-state index contributed by atoms with van der Waals surface area (Å²) in [5.41, 5.74) is 1.11. The van der Waals surface area contributed by atoms with Crippen LogP contribution in [0, 0.1) is 6.92 Å². The van der Waals surface area contributed by atoms with Gasteiger partial charge in [0.05, 0.1) is 17.7 Å². The second-order valence-electron chi connectivity index (χ2n) is 4.22. The Bertz CT molecular complexity index is 781. The van der Waals surface area contributed by atoms with E-state index < -0.39 is 10.0 Å². The van der Waals surface area contributed by atoms with Gasteiger partial charge in [0.2, 0.25) is 0 Å². The van der Waals surface area contributed by atoms with Gasteiger partial charge in [-0.1, -0.05) is 27.5 Å². The number of nitrogens with one attached hydrogen (secondary N) is 1. The average molecular weight is 392 g/mol. The molecule has 1 N–H and O–H groups in total. The normalized spacial score (nSPS) is 11.2. The first-order chi connectivity index (χ1) is 9.83. The molecule has 0 saturated heterocycles. The summed E-state index contributed by atoms with van der Waals surface area (Å²) in [5, 5.41) is 0.109. The van der Waals surface area contributed by atoms with E-state index in [1.807, 2.05) is 0 Å². The molecule has 2 rings (SSSR count). The van der Waals surface area contributed by atoms with Gasteiger partial charge in [-0.25, -0.2) is 13.4 Å². The smallest absolute Gasteiger partial charge is 0.262 e. The number of pyridine rings is 1. The predicted molar refractivity (Wildman–Crippen MR) is 85.5 cm³/mol. The fourth-order valence-electron chi connectivity index (χ4n) is 1.75. The molecule has 112 valence electrons. The zero-order valence-corrected chi connectivity index (χ0v) is 14.4. The predicted octanol–water partition coefficient (Wildman–Crippen LogP) is 3.62. The van der Waals surface area contributed by atoms with Crippen LogP contribution in [0.15, 0.2) is 39.8 Å². The Morgan fingerprint density at radius 2 is 2.05 bits per heavy atom. The van der Waals surface area contributed by atoms with Crippen LogP contribution in [0.25, 0.3) is 0 Å². The highest BCUT2D eigenvalue weighted by atomic mass is 79.9. The SMILES string of the molecule is COc1cc(Br)cc(C)c1NS(=O)(=O)c1ccnc(Cl)c1. The molecule has 0 aliphatic carbocycles. The van der Waals surface area contributed by atoms with E-state index in [4.69, 9.17) is 16.3 Å². The van der Waals surface area contributed by atoms with E-state index in [1.54, 1.807) is 19.1 Å². The summed E-state index contributed by atoms with van der Waals surface area (Å²) in [4.78, 5) is 3.80. The van der Waals surface area contributed by atoms with Gasteiger partial charge in [0.25, 0.3) is 10.0 Å². The van der Waals surface area contributed by atoms with Crippen LogP contribution in [0.3, 0.4) is 0 Å². The molecule has 0 unspecified atom stereocenters. The molecule has 0 fully saturated rings. The lowest BCUT2D eigenvalue weighted by Crippen LogP contribution is -2.14. The van der Waals surface area contributed by atoms with Crippen molar-refractivity contribution in [1.82, 2.24) is 4.98 Å². The number of nitrogens with zero attached hydrogens (tertiary/aromatic N) is 1. The second kappa shape index (κ2) is 6.21. The maximum absolute atomic E-state index is 12.4. The van der Waals surface area contributed by atoms with Gasteiger partial charge in [-0.05, 0) is 36.8 Å². The van der Waals surface area contributed by atoms with Crippen molar-refractivity contribution in [2.45, 2.75) is 11.8 Å². The number of benzene rings is 1. The van der Waals surface area contributed by atoms with Gasteiger partial charge in [-0.3, -0.25) is 4.72 Å². The molecule has 21 heavy (non-hydrogen) atoms. The van der Waals surface area contributed by atoms with Gasteiger partial charge in [0.1, 0.15) is 10.9 Å². The zero-order valence-electron chi connectivity index (χ0n) is 11.2. The van der Waals surface area contributed by atoms with Crippen LogP contribution < -0.4 is 9.46 Å². The van der Waals surface area contributed by atoms with Gasteiger partial charge in [-0.2, -0.15) is 0 Å². The first-order valence-electron chi connectivity index (χ1n) is 5.82. The molecule has 0 amide bonds. The number of aromatic nitrogens is 1. The second-order valence-corrected chi connectivity index (χ2v) is 7.21. The third-order valence-corrected chi connectivity index (χ3v) is 4.74. The van der Waals surface area contributed by atoms with E-state index in [2.05, 4.69) is 25.6 Å². The minimum atomic E-state index is -3.77. The van der Waals surface area contributed by atoms with Crippen molar-refractivity contribution in [3.05, 3.63) is 45.7 Å². The maximum Gasteiger partial charge on any atom is 0.262 e. The summed E-state index contributed by atoms with van der Waals surface area (Å²) in [6.07, 6.45) is 1.34. The quantitative estimate of drug-likeness (QED) is 0.808. The molecule has 1 aromatic carbocycles. The molecule has 0 atom stereocenters. The first kappa shape index (κ1) is 16.1. The molecule has 1 heterocycles. The Labute approximate surface area is 136 Å². The Morgan fingerprint density at radius 1 is 1.33 bits per heavy atom. The molecule has 1 aromatic heterocycles. The van der Waals surface area contributed by atoms with E-state index in [0.717, 1.165) is 10.0 Å². The number of hydrogen-bond donors (Lipinski definition) is 1. The molecule has 8 heteroatoms. The van der Waals surface area contributed by atoms with Crippen LogP contribution in [-0.2, 0) is 10.0 Å². The number of halogens is 2. The average Bonchev–Trinajstić information content (AvgIpc) is 2.41. The molecule has 5 nitrogen and oxygen atoms in total. The summed E-state index contributed by atoms with van der Waals surface area (Å²) in [5.74, 6) is 0.422. The van der Waals surface area contributed by atoms with Crippen LogP contribution >= 0.6 is 27.5 Å². The molecule has 0 saturated carbocycles. The standard InChI is InChI=1S/C13H12BrClN2O3S/c1-8-5-9(14)6-11(20-2)13(8)17-21(18,19)10-3-4-16-12(15)7-10/h3-7,17H,1-2H3. The summed E-state index contributed by atoms with van der Waals surface area (Å²) in [6, 6.07) is 6.13. The fourth-order valence-corrected chi connectivity index (χ4v) is 3.69. The van der Waals surface area contributed by atoms with Gasteiger partial charge in [0.15, 0.2) is 0 Å². The largest absolute Gasteiger partial charge is 0.495 e. The van der Waals surface area contributed by atoms with Crippen molar-refractivity contribution in [2.24, 2.45) is 0 Å². The number of rotatable bonds is 4. The van der Waals surface area contributed by atoms with Crippen molar-refractivity contribution < 1.29 is 13.2 Å². The Balaban J connectivity index is 2.46. The Morgan fingerprint density at radius 3 is 2.67 bits per heavy atom. The van der Waals surface area contributed by atoms with E-state index >= 15 is 0 Å². The number of anilines is 1. The molecular formula is C13H12BrClN2O3S. The molecule has 0 aliphatic rings. The van der Waals surface area contributed by atoms with Crippen LogP contribution in [0.4, 0.5) is 5.69 Å². The summed E-state index contributed by atoms with van der Waals surface area (Å²) >= 11 is 9.07. The van der Waals surface area contributed by atoms with Crippen LogP contribution in [0.5, 0.6) is 5.75 Å². The molecular weight excluding hydrogens is 380 g/mol. The highest BCUT2D eigenvalue weighted by molar-refractivity contribution is 9.10. The van der Waals surface area contributed by atoms with Crippen LogP contribution in [0.2, 0.25) is 5.15 Å². The van der Waals surface area contributed by atoms with Crippen molar-refractivity contribution in [2.75, 3.05) is 11.8 Å². The summed E-state index contributed by atoms with van der Waals surface area (Å²) < 4.78 is 33.3. The lowest BCUT2D eigenvalue weighted by atomic mass is 10.2. The molecule has 0 radical (unpaired) electrons. The molecule has 0 spiro atoms. The highest BCUT2D eigenvalue weighted by Gasteiger charge is 2.19. The lowest BCUT2D eigenvalue weighted by Gasteiger charge is -2.15. The molecule has 2 aromatic rings. The number of methoxy groups -OCH3 is 1. The van der Waals surface area contributed by atoms with E-state index in [0.29, 0.717) is 11.4 Å². The number of hydrogen-bond acceptors (Lipinski definition) is 4. The minimum absolute atomic E-state index is 0.0341. The van der Waals surface area contributed by atoms with Crippen molar-refractivity contribution >= 4 is 43.2 Å². The number of aryl methyl sites for hydroxylation is 1. The maximum atomic E-state index is 12.4. The van der Waals surface area contributed by atoms with Crippen LogP contribution in [-0.4, -0.2) is 20.5 Å². The minimum Gasteiger partial charge on any atom is -0.495 e. The van der Waals surface area contributed by atoms with Crippen LogP contribution in [0.1, 0.15) is 5.56 Å². The van der Waals surface area contributed by atoms with Gasteiger partial charge in [-0.15, -0.1) is 0 Å². The van der Waals surface area contributed by atoms with Crippen molar-refractivity contribution in [1.29, 1.82) is 0 Å². The molecule has 0 bridgehead atoms. The third-order valence-electron chi connectivity index (χ3n) is 2.73. The summed E-state index contributed by atoms with van der Waals surface area (Å²) in [7, 11) is -2.30. The van der Waals surface area contributed by atoms with Gasteiger partial charge >= 0.3 is 0 Å². The Hall–Kier alpha value is -1.31. The number of sulfonamides is 1. The number of ether oxygens (including phenoxy) is 1. The van der Waals surface area contributed by atoms with Crippen molar-refractivity contribution in [3.63, 3.8) is 0 Å². The zero-order chi connectivity index (χ0) is 15.6. The first-order valence-corrected chi connectivity index (χ1v) is 8.47. The molecule has 0 aliphatic heterocycles. The van der Waals surface area contributed by atoms with Gasteiger partial charge < -0.3 is 4.74 Å². The summed E-state index contributed by atoms with van der Waals surface area (Å²) in [6.45, 7) is 1.78. The van der Waals surface area contributed by atoms with Gasteiger partial charge in [0, 0.05) is 10.7 Å². The monoisotopic (exact) mass is 390 g/mol. The third kappa shape index (κ3) is 3.66. The lowest BCUT2D eigenvalue weighted by molar-refractivity contribution is 0.416. The van der Waals surface area contributed by atoms with E-state index in [9.17, 15) is 8.42 Å². The topological polar surface area (TPSA) is 68.3 Å². The fraction of sp³-hybridized carbons (Fsp3) is 0.154. The van der Waals surface area contributed by atoms with E-state index in [1.165, 1.54) is 25.4 Å². The van der Waals surface area contributed by atoms with Crippen molar-refractivity contribution in [3.8, 4) is 5.75 Å².